The van der Waals surface area contributed by atoms with E-state index in [0.717, 1.165) is 48.9 Å². The van der Waals surface area contributed by atoms with Gasteiger partial charge >= 0.3 is 0 Å². The molecule has 2 heterocycles. The Labute approximate surface area is 186 Å². The van der Waals surface area contributed by atoms with E-state index in [-0.39, 0.29) is 11.8 Å². The van der Waals surface area contributed by atoms with Crippen molar-refractivity contribution in [3.05, 3.63) is 87.6 Å². The van der Waals surface area contributed by atoms with Crippen LogP contribution in [-0.2, 0) is 23.2 Å². The molecular weight excluding hydrogens is 404 g/mol. The maximum atomic E-state index is 13.4. The van der Waals surface area contributed by atoms with Gasteiger partial charge in [0.2, 0.25) is 5.91 Å². The van der Waals surface area contributed by atoms with E-state index >= 15 is 0 Å². The first-order chi connectivity index (χ1) is 15.2. The van der Waals surface area contributed by atoms with Gasteiger partial charge in [0.05, 0.1) is 5.41 Å². The largest absolute Gasteiger partial charge is 0.334 e. The summed E-state index contributed by atoms with van der Waals surface area (Å²) in [5.74, 6) is 0.156. The lowest BCUT2D eigenvalue weighted by atomic mass is 9.83. The number of rotatable bonds is 4. The van der Waals surface area contributed by atoms with Crippen LogP contribution in [0.4, 0.5) is 5.69 Å². The van der Waals surface area contributed by atoms with Crippen LogP contribution in [0.2, 0.25) is 0 Å². The van der Waals surface area contributed by atoms with Crippen molar-refractivity contribution < 1.29 is 9.59 Å². The van der Waals surface area contributed by atoms with Crippen LogP contribution in [0.1, 0.15) is 52.0 Å². The van der Waals surface area contributed by atoms with Crippen molar-refractivity contribution in [2.24, 2.45) is 0 Å². The van der Waals surface area contributed by atoms with Crippen molar-refractivity contribution in [3.8, 4) is 0 Å². The molecule has 0 radical (unpaired) electrons. The Bertz CT molecular complexity index is 1090. The molecule has 1 saturated carbocycles. The molecular formula is C26H26N2O2S. The highest BCUT2D eigenvalue weighted by atomic mass is 32.1. The summed E-state index contributed by atoms with van der Waals surface area (Å²) in [6, 6.07) is 19.7. The fourth-order valence-corrected chi connectivity index (χ4v) is 5.92. The van der Waals surface area contributed by atoms with Crippen molar-refractivity contribution in [1.29, 1.82) is 0 Å². The highest BCUT2D eigenvalue weighted by Gasteiger charge is 2.43. The fraction of sp³-hybridized carbons (Fsp3) is 0.308. The molecule has 4 nitrogen and oxygen atoms in total. The smallest absolute Gasteiger partial charge is 0.254 e. The Hall–Kier alpha value is -2.92. The molecule has 158 valence electrons. The Morgan fingerprint density at radius 1 is 0.935 bits per heavy atom. The van der Waals surface area contributed by atoms with Crippen LogP contribution < -0.4 is 5.32 Å². The third kappa shape index (κ3) is 3.79. The van der Waals surface area contributed by atoms with Crippen LogP contribution in [0.15, 0.2) is 66.0 Å². The Kier molecular flexibility index (Phi) is 5.36. The first kappa shape index (κ1) is 20.0. The summed E-state index contributed by atoms with van der Waals surface area (Å²) in [7, 11) is 0. The molecule has 5 rings (SSSR count). The average Bonchev–Trinajstić information content (AvgIpc) is 3.51. The first-order valence-corrected chi connectivity index (χ1v) is 11.9. The van der Waals surface area contributed by atoms with Gasteiger partial charge in [-0.15, -0.1) is 11.3 Å². The summed E-state index contributed by atoms with van der Waals surface area (Å²) in [4.78, 5) is 29.3. The summed E-state index contributed by atoms with van der Waals surface area (Å²) in [5, 5.41) is 5.26. The molecule has 1 aromatic heterocycles. The van der Waals surface area contributed by atoms with E-state index in [1.165, 1.54) is 10.4 Å². The number of carbonyl (C=O) groups excluding carboxylic acids is 2. The molecule has 0 bridgehead atoms. The molecule has 1 fully saturated rings. The summed E-state index contributed by atoms with van der Waals surface area (Å²) >= 11 is 1.68. The molecule has 0 atom stereocenters. The average molecular weight is 431 g/mol. The number of nitrogens with zero attached hydrogens (tertiary/aromatic N) is 1. The van der Waals surface area contributed by atoms with E-state index in [2.05, 4.69) is 28.9 Å². The molecule has 1 aliphatic carbocycles. The minimum absolute atomic E-state index is 0.0586. The van der Waals surface area contributed by atoms with Crippen LogP contribution in [-0.4, -0.2) is 23.3 Å². The predicted molar refractivity (Wildman–Crippen MR) is 124 cm³/mol. The number of fused-ring (bicyclic) bond motifs is 1. The molecule has 31 heavy (non-hydrogen) atoms. The molecule has 5 heteroatoms. The van der Waals surface area contributed by atoms with Crippen LogP contribution in [0.25, 0.3) is 0 Å². The SMILES string of the molecule is O=C(c1ccccc1)N1CCc2ccc(NC(=O)C3(c4cccs4)CCCC3)cc2C1. The summed E-state index contributed by atoms with van der Waals surface area (Å²) in [6.45, 7) is 1.29. The minimum atomic E-state index is -0.403. The normalized spacial score (nSPS) is 17.2. The number of nitrogens with one attached hydrogen (secondary N) is 1. The molecule has 0 unspecified atom stereocenters. The monoisotopic (exact) mass is 430 g/mol. The van der Waals surface area contributed by atoms with E-state index in [4.69, 9.17) is 0 Å². The van der Waals surface area contributed by atoms with Gasteiger partial charge in [-0.05, 0) is 66.1 Å². The van der Waals surface area contributed by atoms with E-state index in [9.17, 15) is 9.59 Å². The van der Waals surface area contributed by atoms with Crippen LogP contribution in [0.5, 0.6) is 0 Å². The number of amides is 2. The van der Waals surface area contributed by atoms with Crippen molar-refractivity contribution in [2.75, 3.05) is 11.9 Å². The lowest BCUT2D eigenvalue weighted by molar-refractivity contribution is -0.121. The van der Waals surface area contributed by atoms with Crippen molar-refractivity contribution in [2.45, 2.75) is 44.1 Å². The summed E-state index contributed by atoms with van der Waals surface area (Å²) in [5.41, 5.74) is 3.50. The molecule has 0 spiro atoms. The van der Waals surface area contributed by atoms with Gasteiger partial charge in [0.25, 0.3) is 5.91 Å². The van der Waals surface area contributed by atoms with E-state index in [0.29, 0.717) is 13.1 Å². The fourth-order valence-electron chi connectivity index (χ4n) is 4.94. The van der Waals surface area contributed by atoms with Crippen molar-refractivity contribution in [3.63, 3.8) is 0 Å². The number of hydrogen-bond donors (Lipinski definition) is 1. The van der Waals surface area contributed by atoms with Gasteiger partial charge in [-0.1, -0.05) is 43.2 Å². The molecule has 2 amide bonds. The number of anilines is 1. The Morgan fingerprint density at radius 3 is 2.48 bits per heavy atom. The zero-order valence-electron chi connectivity index (χ0n) is 17.5. The lowest BCUT2D eigenvalue weighted by Gasteiger charge is -2.30. The molecule has 1 N–H and O–H groups in total. The number of benzene rings is 2. The molecule has 2 aromatic carbocycles. The summed E-state index contributed by atoms with van der Waals surface area (Å²) < 4.78 is 0. The van der Waals surface area contributed by atoms with Crippen LogP contribution in [0.3, 0.4) is 0 Å². The van der Waals surface area contributed by atoms with Gasteiger partial charge in [0.1, 0.15) is 0 Å². The van der Waals surface area contributed by atoms with E-state index in [1.807, 2.05) is 47.4 Å². The second-order valence-electron chi connectivity index (χ2n) is 8.55. The van der Waals surface area contributed by atoms with Crippen LogP contribution >= 0.6 is 11.3 Å². The van der Waals surface area contributed by atoms with Gasteiger partial charge in [-0.25, -0.2) is 0 Å². The van der Waals surface area contributed by atoms with Gasteiger partial charge in [-0.3, -0.25) is 9.59 Å². The molecule has 3 aromatic rings. The second kappa shape index (κ2) is 8.31. The zero-order valence-corrected chi connectivity index (χ0v) is 18.3. The van der Waals surface area contributed by atoms with Gasteiger partial charge in [-0.2, -0.15) is 0 Å². The van der Waals surface area contributed by atoms with Gasteiger partial charge < -0.3 is 10.2 Å². The summed E-state index contributed by atoms with van der Waals surface area (Å²) in [6.07, 6.45) is 4.83. The maximum absolute atomic E-state index is 13.4. The minimum Gasteiger partial charge on any atom is -0.334 e. The number of thiophene rings is 1. The van der Waals surface area contributed by atoms with E-state index in [1.54, 1.807) is 11.3 Å². The highest BCUT2D eigenvalue weighted by Crippen LogP contribution is 2.44. The first-order valence-electron chi connectivity index (χ1n) is 11.0. The Balaban J connectivity index is 1.35. The third-order valence-electron chi connectivity index (χ3n) is 6.67. The van der Waals surface area contributed by atoms with Crippen LogP contribution in [0, 0.1) is 0 Å². The second-order valence-corrected chi connectivity index (χ2v) is 9.49. The van der Waals surface area contributed by atoms with Crippen molar-refractivity contribution >= 4 is 28.8 Å². The molecule has 1 aliphatic heterocycles. The lowest BCUT2D eigenvalue weighted by Crippen LogP contribution is -2.37. The topological polar surface area (TPSA) is 49.4 Å². The molecule has 0 saturated heterocycles. The maximum Gasteiger partial charge on any atom is 0.254 e. The predicted octanol–water partition coefficient (Wildman–Crippen LogP) is 5.40. The van der Waals surface area contributed by atoms with E-state index < -0.39 is 5.41 Å². The highest BCUT2D eigenvalue weighted by molar-refractivity contribution is 7.10. The van der Waals surface area contributed by atoms with Crippen molar-refractivity contribution in [1.82, 2.24) is 4.90 Å². The zero-order chi connectivity index (χ0) is 21.3. The quantitative estimate of drug-likeness (QED) is 0.603. The van der Waals surface area contributed by atoms with Gasteiger partial charge in [0, 0.05) is 29.2 Å². The standard InChI is InChI=1S/C26H26N2O2S/c29-24(20-7-2-1-3-8-20)28-15-12-19-10-11-22(17-21(19)18-28)27-25(30)26(13-4-5-14-26)23-9-6-16-31-23/h1-3,6-11,16-17H,4-5,12-15,18H2,(H,27,30). The third-order valence-corrected chi connectivity index (χ3v) is 7.74. The molecule has 2 aliphatic rings. The Morgan fingerprint density at radius 2 is 1.74 bits per heavy atom. The number of hydrogen-bond acceptors (Lipinski definition) is 3. The van der Waals surface area contributed by atoms with Gasteiger partial charge in [0.15, 0.2) is 0 Å². The number of carbonyl (C=O) groups is 2.